The van der Waals surface area contributed by atoms with E-state index in [4.69, 9.17) is 19.5 Å². The molecule has 1 aliphatic heterocycles. The van der Waals surface area contributed by atoms with Gasteiger partial charge in [0, 0.05) is 6.20 Å². The van der Waals surface area contributed by atoms with E-state index in [1.807, 2.05) is 6.07 Å². The minimum absolute atomic E-state index is 0.0690. The van der Waals surface area contributed by atoms with Gasteiger partial charge in [0.05, 0.1) is 31.6 Å². The molecule has 1 aromatic heterocycles. The highest BCUT2D eigenvalue weighted by atomic mass is 16.6. The second-order valence-electron chi connectivity index (χ2n) is 3.36. The van der Waals surface area contributed by atoms with E-state index in [1.165, 1.54) is 6.20 Å². The van der Waals surface area contributed by atoms with Gasteiger partial charge in [-0.05, 0) is 6.07 Å². The van der Waals surface area contributed by atoms with Gasteiger partial charge >= 0.3 is 0 Å². The molecule has 1 fully saturated rings. The number of pyridine rings is 1. The van der Waals surface area contributed by atoms with Gasteiger partial charge in [-0.1, -0.05) is 0 Å². The van der Waals surface area contributed by atoms with E-state index in [0.29, 0.717) is 37.7 Å². The topological polar surface area (TPSA) is 64.4 Å². The van der Waals surface area contributed by atoms with Gasteiger partial charge in [-0.25, -0.2) is 0 Å². The van der Waals surface area contributed by atoms with Crippen molar-refractivity contribution in [3.05, 3.63) is 24.0 Å². The lowest BCUT2D eigenvalue weighted by molar-refractivity contribution is -0.101. The summed E-state index contributed by atoms with van der Waals surface area (Å²) in [6, 6.07) is 3.66. The average Bonchev–Trinajstić information content (AvgIpc) is 2.38. The SMILES string of the molecule is N#Cc1ccncc1OC[C@@H]1COCCO1. The summed E-state index contributed by atoms with van der Waals surface area (Å²) in [5.41, 5.74) is 0.478. The zero-order valence-corrected chi connectivity index (χ0v) is 8.76. The first kappa shape index (κ1) is 10.9. The molecule has 0 spiro atoms. The molecule has 0 aliphatic carbocycles. The number of nitrogens with zero attached hydrogens (tertiary/aromatic N) is 2. The Balaban J connectivity index is 1.91. The summed E-state index contributed by atoms with van der Waals surface area (Å²) in [6.45, 7) is 2.13. The summed E-state index contributed by atoms with van der Waals surface area (Å²) >= 11 is 0. The lowest BCUT2D eigenvalue weighted by atomic mass is 10.3. The van der Waals surface area contributed by atoms with Crippen LogP contribution >= 0.6 is 0 Å². The van der Waals surface area contributed by atoms with E-state index in [-0.39, 0.29) is 6.10 Å². The van der Waals surface area contributed by atoms with Gasteiger partial charge in [-0.2, -0.15) is 5.26 Å². The van der Waals surface area contributed by atoms with Crippen molar-refractivity contribution in [3.8, 4) is 11.8 Å². The first-order valence-electron chi connectivity index (χ1n) is 5.06. The van der Waals surface area contributed by atoms with Gasteiger partial charge in [0.2, 0.25) is 0 Å². The van der Waals surface area contributed by atoms with Gasteiger partial charge in [0.15, 0.2) is 5.75 Å². The maximum Gasteiger partial charge on any atom is 0.155 e. The molecule has 1 aromatic rings. The summed E-state index contributed by atoms with van der Waals surface area (Å²) < 4.78 is 16.1. The first-order valence-corrected chi connectivity index (χ1v) is 5.06. The van der Waals surface area contributed by atoms with Crippen LogP contribution in [0.3, 0.4) is 0 Å². The Morgan fingerprint density at radius 3 is 3.25 bits per heavy atom. The van der Waals surface area contributed by atoms with E-state index in [1.54, 1.807) is 12.3 Å². The predicted molar refractivity (Wildman–Crippen MR) is 55.0 cm³/mol. The molecule has 5 nitrogen and oxygen atoms in total. The Hall–Kier alpha value is -1.64. The molecular formula is C11H12N2O3. The Labute approximate surface area is 93.6 Å². The minimum atomic E-state index is -0.0690. The van der Waals surface area contributed by atoms with Gasteiger partial charge in [0.1, 0.15) is 18.8 Å². The number of hydrogen-bond acceptors (Lipinski definition) is 5. The third kappa shape index (κ3) is 2.69. The van der Waals surface area contributed by atoms with Crippen LogP contribution in [0.5, 0.6) is 5.75 Å². The van der Waals surface area contributed by atoms with E-state index in [9.17, 15) is 0 Å². The molecule has 0 amide bonds. The predicted octanol–water partition coefficient (Wildman–Crippen LogP) is 0.747. The molecule has 1 atom stereocenters. The lowest BCUT2D eigenvalue weighted by Gasteiger charge is -2.22. The van der Waals surface area contributed by atoms with Gasteiger partial charge < -0.3 is 14.2 Å². The maximum absolute atomic E-state index is 8.84. The Kier molecular flexibility index (Phi) is 3.70. The van der Waals surface area contributed by atoms with Crippen LogP contribution in [-0.4, -0.2) is 37.5 Å². The van der Waals surface area contributed by atoms with Crippen molar-refractivity contribution in [3.63, 3.8) is 0 Å². The molecule has 0 radical (unpaired) electrons. The molecule has 0 N–H and O–H groups in total. The smallest absolute Gasteiger partial charge is 0.155 e. The lowest BCUT2D eigenvalue weighted by Crippen LogP contribution is -2.33. The maximum atomic E-state index is 8.84. The number of hydrogen-bond donors (Lipinski definition) is 0. The van der Waals surface area contributed by atoms with Gasteiger partial charge in [-0.15, -0.1) is 0 Å². The van der Waals surface area contributed by atoms with Crippen LogP contribution in [0.15, 0.2) is 18.5 Å². The van der Waals surface area contributed by atoms with Crippen molar-refractivity contribution >= 4 is 0 Å². The second kappa shape index (κ2) is 5.45. The van der Waals surface area contributed by atoms with E-state index >= 15 is 0 Å². The molecule has 2 rings (SSSR count). The highest BCUT2D eigenvalue weighted by molar-refractivity contribution is 5.40. The van der Waals surface area contributed by atoms with Crippen LogP contribution in [0.4, 0.5) is 0 Å². The zero-order valence-electron chi connectivity index (χ0n) is 8.76. The van der Waals surface area contributed by atoms with Crippen LogP contribution in [-0.2, 0) is 9.47 Å². The van der Waals surface area contributed by atoms with Gasteiger partial charge in [-0.3, -0.25) is 4.98 Å². The Morgan fingerprint density at radius 1 is 1.56 bits per heavy atom. The molecule has 84 valence electrons. The molecule has 0 aromatic carbocycles. The zero-order chi connectivity index (χ0) is 11.2. The normalized spacial score (nSPS) is 20.1. The third-order valence-corrected chi connectivity index (χ3v) is 2.21. The highest BCUT2D eigenvalue weighted by Crippen LogP contribution is 2.15. The molecule has 5 heteroatoms. The minimum Gasteiger partial charge on any atom is -0.488 e. The molecule has 1 saturated heterocycles. The van der Waals surface area contributed by atoms with Crippen molar-refractivity contribution < 1.29 is 14.2 Å². The quantitative estimate of drug-likeness (QED) is 0.752. The van der Waals surface area contributed by atoms with Gasteiger partial charge in [0.25, 0.3) is 0 Å². The van der Waals surface area contributed by atoms with E-state index in [2.05, 4.69) is 4.98 Å². The first-order chi connectivity index (χ1) is 7.90. The van der Waals surface area contributed by atoms with Crippen LogP contribution < -0.4 is 4.74 Å². The fourth-order valence-corrected chi connectivity index (χ4v) is 1.40. The molecule has 0 unspecified atom stereocenters. The van der Waals surface area contributed by atoms with Crippen LogP contribution in [0.2, 0.25) is 0 Å². The molecular weight excluding hydrogens is 208 g/mol. The van der Waals surface area contributed by atoms with E-state index in [0.717, 1.165) is 0 Å². The summed E-state index contributed by atoms with van der Waals surface area (Å²) in [7, 11) is 0. The molecule has 0 saturated carbocycles. The number of nitriles is 1. The van der Waals surface area contributed by atoms with Crippen molar-refractivity contribution in [2.24, 2.45) is 0 Å². The van der Waals surface area contributed by atoms with Crippen molar-refractivity contribution in [2.45, 2.75) is 6.10 Å². The van der Waals surface area contributed by atoms with Crippen LogP contribution in [0.1, 0.15) is 5.56 Å². The summed E-state index contributed by atoms with van der Waals surface area (Å²) in [5, 5.41) is 8.84. The van der Waals surface area contributed by atoms with Crippen molar-refractivity contribution in [1.29, 1.82) is 5.26 Å². The fraction of sp³-hybridized carbons (Fsp3) is 0.455. The number of ether oxygens (including phenoxy) is 3. The summed E-state index contributed by atoms with van der Waals surface area (Å²) in [6.07, 6.45) is 3.02. The van der Waals surface area contributed by atoms with Crippen molar-refractivity contribution in [1.82, 2.24) is 4.98 Å². The molecule has 1 aliphatic rings. The second-order valence-corrected chi connectivity index (χ2v) is 3.36. The third-order valence-electron chi connectivity index (χ3n) is 2.21. The van der Waals surface area contributed by atoms with Crippen LogP contribution in [0, 0.1) is 11.3 Å². The molecule has 2 heterocycles. The van der Waals surface area contributed by atoms with E-state index < -0.39 is 0 Å². The monoisotopic (exact) mass is 220 g/mol. The number of aromatic nitrogens is 1. The summed E-state index contributed by atoms with van der Waals surface area (Å²) in [5.74, 6) is 0.485. The average molecular weight is 220 g/mol. The number of rotatable bonds is 3. The molecule has 16 heavy (non-hydrogen) atoms. The standard InChI is InChI=1S/C11H12N2O3/c12-5-9-1-2-13-6-11(9)16-8-10-7-14-3-4-15-10/h1-2,6,10H,3-4,7-8H2/t10-/m0/s1. The molecule has 0 bridgehead atoms. The summed E-state index contributed by atoms with van der Waals surface area (Å²) in [4.78, 5) is 3.91. The van der Waals surface area contributed by atoms with Crippen LogP contribution in [0.25, 0.3) is 0 Å². The Bertz CT molecular complexity index is 383. The fourth-order valence-electron chi connectivity index (χ4n) is 1.40. The van der Waals surface area contributed by atoms with Crippen molar-refractivity contribution in [2.75, 3.05) is 26.4 Å². The largest absolute Gasteiger partial charge is 0.488 e. The Morgan fingerprint density at radius 2 is 2.50 bits per heavy atom. The highest BCUT2D eigenvalue weighted by Gasteiger charge is 2.15.